The van der Waals surface area contributed by atoms with Crippen molar-refractivity contribution in [2.45, 2.75) is 25.2 Å². The van der Waals surface area contributed by atoms with Crippen LogP contribution in [-0.4, -0.2) is 49.7 Å². The molecule has 1 saturated heterocycles. The van der Waals surface area contributed by atoms with Gasteiger partial charge in [-0.1, -0.05) is 26.0 Å². The molecule has 0 spiro atoms. The molecule has 142 valence electrons. The number of hydrogen-bond acceptors (Lipinski definition) is 3. The summed E-state index contributed by atoms with van der Waals surface area (Å²) in [5, 5.41) is 0. The number of benzene rings is 1. The standard InChI is InChI=1S/C20H28N2O3S/c1-5-11-22(12-6-2)26(24,25)19-9-7-18(8-10-19)20(23)21-14-16(3)13-17(4)15-21/h5-10,16-17H,1-2,11-15H2,3-4H3/t16-,17-/m0/s1. The molecular weight excluding hydrogens is 348 g/mol. The lowest BCUT2D eigenvalue weighted by molar-refractivity contribution is 0.0623. The average molecular weight is 377 g/mol. The number of likely N-dealkylation sites (tertiary alicyclic amines) is 1. The van der Waals surface area contributed by atoms with Gasteiger partial charge in [-0.15, -0.1) is 13.2 Å². The topological polar surface area (TPSA) is 57.7 Å². The number of carbonyl (C=O) groups is 1. The number of carbonyl (C=O) groups excluding carboxylic acids is 1. The smallest absolute Gasteiger partial charge is 0.253 e. The molecule has 1 fully saturated rings. The van der Waals surface area contributed by atoms with Crippen molar-refractivity contribution in [3.63, 3.8) is 0 Å². The van der Waals surface area contributed by atoms with Gasteiger partial charge in [-0.25, -0.2) is 8.42 Å². The second-order valence-electron chi connectivity index (χ2n) is 7.08. The minimum Gasteiger partial charge on any atom is -0.338 e. The van der Waals surface area contributed by atoms with E-state index in [9.17, 15) is 13.2 Å². The van der Waals surface area contributed by atoms with E-state index in [0.717, 1.165) is 19.5 Å². The molecule has 0 N–H and O–H groups in total. The van der Waals surface area contributed by atoms with E-state index in [4.69, 9.17) is 0 Å². The van der Waals surface area contributed by atoms with Crippen LogP contribution in [0.1, 0.15) is 30.6 Å². The second kappa shape index (κ2) is 8.64. The summed E-state index contributed by atoms with van der Waals surface area (Å²) in [7, 11) is -3.64. The lowest BCUT2D eigenvalue weighted by Gasteiger charge is -2.35. The van der Waals surface area contributed by atoms with Crippen molar-refractivity contribution in [1.82, 2.24) is 9.21 Å². The molecular formula is C20H28N2O3S. The van der Waals surface area contributed by atoms with Gasteiger partial charge in [0.2, 0.25) is 10.0 Å². The Morgan fingerprint density at radius 3 is 2.08 bits per heavy atom. The van der Waals surface area contributed by atoms with E-state index in [2.05, 4.69) is 27.0 Å². The molecule has 1 aliphatic rings. The number of piperidine rings is 1. The molecule has 0 unspecified atom stereocenters. The van der Waals surface area contributed by atoms with Crippen molar-refractivity contribution < 1.29 is 13.2 Å². The van der Waals surface area contributed by atoms with Crippen molar-refractivity contribution in [2.24, 2.45) is 11.8 Å². The van der Waals surface area contributed by atoms with E-state index in [1.165, 1.54) is 28.6 Å². The molecule has 6 heteroatoms. The first-order chi connectivity index (χ1) is 12.3. The van der Waals surface area contributed by atoms with E-state index in [-0.39, 0.29) is 23.9 Å². The van der Waals surface area contributed by atoms with Crippen LogP contribution >= 0.6 is 0 Å². The third kappa shape index (κ3) is 4.62. The van der Waals surface area contributed by atoms with E-state index < -0.39 is 10.0 Å². The van der Waals surface area contributed by atoms with E-state index in [1.54, 1.807) is 12.1 Å². The monoisotopic (exact) mass is 376 g/mol. The molecule has 5 nitrogen and oxygen atoms in total. The highest BCUT2D eigenvalue weighted by Crippen LogP contribution is 2.23. The van der Waals surface area contributed by atoms with Crippen LogP contribution in [0.25, 0.3) is 0 Å². The fraction of sp³-hybridized carbons (Fsp3) is 0.450. The van der Waals surface area contributed by atoms with Crippen molar-refractivity contribution >= 4 is 15.9 Å². The highest BCUT2D eigenvalue weighted by molar-refractivity contribution is 7.89. The van der Waals surface area contributed by atoms with Crippen LogP contribution in [0, 0.1) is 11.8 Å². The Labute approximate surface area is 157 Å². The number of rotatable bonds is 7. The van der Waals surface area contributed by atoms with Gasteiger partial charge in [-0.05, 0) is 42.5 Å². The van der Waals surface area contributed by atoms with Crippen LogP contribution in [0.3, 0.4) is 0 Å². The normalized spacial score (nSPS) is 20.8. The Balaban J connectivity index is 2.20. The lowest BCUT2D eigenvalue weighted by Crippen LogP contribution is -2.42. The number of hydrogen-bond donors (Lipinski definition) is 0. The van der Waals surface area contributed by atoms with Gasteiger partial charge in [-0.3, -0.25) is 4.79 Å². The fourth-order valence-electron chi connectivity index (χ4n) is 3.49. The first kappa shape index (κ1) is 20.4. The van der Waals surface area contributed by atoms with Gasteiger partial charge in [0.1, 0.15) is 0 Å². The molecule has 0 bridgehead atoms. The van der Waals surface area contributed by atoms with Crippen LogP contribution in [0.5, 0.6) is 0 Å². The van der Waals surface area contributed by atoms with Gasteiger partial charge in [-0.2, -0.15) is 4.31 Å². The van der Waals surface area contributed by atoms with Crippen molar-refractivity contribution in [1.29, 1.82) is 0 Å². The average Bonchev–Trinajstić information content (AvgIpc) is 2.60. The Hall–Kier alpha value is -1.92. The third-order valence-electron chi connectivity index (χ3n) is 4.56. The summed E-state index contributed by atoms with van der Waals surface area (Å²) in [5.41, 5.74) is 0.518. The van der Waals surface area contributed by atoms with Crippen LogP contribution < -0.4 is 0 Å². The maximum absolute atomic E-state index is 12.7. The Morgan fingerprint density at radius 2 is 1.62 bits per heavy atom. The largest absolute Gasteiger partial charge is 0.338 e. The molecule has 1 aromatic rings. The molecule has 2 atom stereocenters. The SMILES string of the molecule is C=CCN(CC=C)S(=O)(=O)c1ccc(C(=O)N2C[C@@H](C)C[C@H](C)C2)cc1. The molecule has 1 heterocycles. The second-order valence-corrected chi connectivity index (χ2v) is 9.02. The Morgan fingerprint density at radius 1 is 1.12 bits per heavy atom. The van der Waals surface area contributed by atoms with Crippen molar-refractivity contribution in [2.75, 3.05) is 26.2 Å². The summed E-state index contributed by atoms with van der Waals surface area (Å²) in [4.78, 5) is 14.8. The van der Waals surface area contributed by atoms with Crippen LogP contribution in [-0.2, 0) is 10.0 Å². The summed E-state index contributed by atoms with van der Waals surface area (Å²) >= 11 is 0. The predicted molar refractivity (Wildman–Crippen MR) is 104 cm³/mol. The Bertz CT molecular complexity index is 736. The first-order valence-corrected chi connectivity index (χ1v) is 10.3. The van der Waals surface area contributed by atoms with Gasteiger partial charge >= 0.3 is 0 Å². The molecule has 0 aliphatic carbocycles. The minimum atomic E-state index is -3.64. The van der Waals surface area contributed by atoms with Gasteiger partial charge in [0.15, 0.2) is 0 Å². The summed E-state index contributed by atoms with van der Waals surface area (Å²) in [5.74, 6) is 0.920. The van der Waals surface area contributed by atoms with Gasteiger partial charge in [0.05, 0.1) is 4.90 Å². The Kier molecular flexibility index (Phi) is 6.78. The molecule has 0 saturated carbocycles. The number of amides is 1. The number of nitrogens with zero attached hydrogens (tertiary/aromatic N) is 2. The van der Waals surface area contributed by atoms with Gasteiger partial charge in [0, 0.05) is 31.7 Å². The minimum absolute atomic E-state index is 0.0404. The molecule has 0 aromatic heterocycles. The number of sulfonamides is 1. The lowest BCUT2D eigenvalue weighted by atomic mass is 9.91. The zero-order valence-electron chi connectivity index (χ0n) is 15.6. The highest BCUT2D eigenvalue weighted by Gasteiger charge is 2.27. The van der Waals surface area contributed by atoms with Crippen molar-refractivity contribution in [3.8, 4) is 0 Å². The quantitative estimate of drug-likeness (QED) is 0.687. The van der Waals surface area contributed by atoms with Crippen molar-refractivity contribution in [3.05, 3.63) is 55.1 Å². The summed E-state index contributed by atoms with van der Waals surface area (Å²) < 4.78 is 26.7. The van der Waals surface area contributed by atoms with Crippen LogP contribution in [0.15, 0.2) is 54.5 Å². The first-order valence-electron chi connectivity index (χ1n) is 8.90. The van der Waals surface area contributed by atoms with E-state index in [1.807, 2.05) is 4.90 Å². The molecule has 0 radical (unpaired) electrons. The maximum atomic E-state index is 12.7. The highest BCUT2D eigenvalue weighted by atomic mass is 32.2. The summed E-state index contributed by atoms with van der Waals surface area (Å²) in [6.45, 7) is 13.4. The molecule has 1 amide bonds. The molecule has 1 aliphatic heterocycles. The predicted octanol–water partition coefficient (Wildman–Crippen LogP) is 3.17. The molecule has 26 heavy (non-hydrogen) atoms. The van der Waals surface area contributed by atoms with E-state index >= 15 is 0 Å². The third-order valence-corrected chi connectivity index (χ3v) is 6.41. The van der Waals surface area contributed by atoms with Crippen LogP contribution in [0.2, 0.25) is 0 Å². The zero-order chi connectivity index (χ0) is 19.3. The van der Waals surface area contributed by atoms with E-state index in [0.29, 0.717) is 17.4 Å². The molecule has 2 rings (SSSR count). The fourth-order valence-corrected chi connectivity index (χ4v) is 4.87. The summed E-state index contributed by atoms with van der Waals surface area (Å²) in [6.07, 6.45) is 4.21. The summed E-state index contributed by atoms with van der Waals surface area (Å²) in [6, 6.07) is 6.19. The maximum Gasteiger partial charge on any atom is 0.253 e. The zero-order valence-corrected chi connectivity index (χ0v) is 16.4. The van der Waals surface area contributed by atoms with Gasteiger partial charge < -0.3 is 4.90 Å². The molecule has 1 aromatic carbocycles. The van der Waals surface area contributed by atoms with Crippen LogP contribution in [0.4, 0.5) is 0 Å². The van der Waals surface area contributed by atoms with Gasteiger partial charge in [0.25, 0.3) is 5.91 Å².